The molecule has 7 heteroatoms. The summed E-state index contributed by atoms with van der Waals surface area (Å²) in [5.74, 6) is 0.728. The van der Waals surface area contributed by atoms with Crippen LogP contribution in [0.1, 0.15) is 25.1 Å². The van der Waals surface area contributed by atoms with Gasteiger partial charge in [0.2, 0.25) is 0 Å². The zero-order valence-corrected chi connectivity index (χ0v) is 16.0. The number of amides is 1. The van der Waals surface area contributed by atoms with E-state index in [1.54, 1.807) is 36.1 Å². The van der Waals surface area contributed by atoms with Gasteiger partial charge in [0.05, 0.1) is 7.11 Å². The number of nitrogens with zero attached hydrogens (tertiary/aromatic N) is 2. The molecule has 1 amide bonds. The number of nitrogens with one attached hydrogen (secondary N) is 1. The summed E-state index contributed by atoms with van der Waals surface area (Å²) < 4.78 is 11.0. The summed E-state index contributed by atoms with van der Waals surface area (Å²) in [6.45, 7) is 6.71. The summed E-state index contributed by atoms with van der Waals surface area (Å²) in [6, 6.07) is 8.76. The number of hydrogen-bond acceptors (Lipinski definition) is 5. The fourth-order valence-corrected chi connectivity index (χ4v) is 2.79. The topological polar surface area (TPSA) is 95.4 Å². The molecule has 7 nitrogen and oxygen atoms in total. The molecule has 0 aliphatic carbocycles. The van der Waals surface area contributed by atoms with Gasteiger partial charge < -0.3 is 19.4 Å². The van der Waals surface area contributed by atoms with Gasteiger partial charge in [-0.3, -0.25) is 9.59 Å². The molecule has 142 valence electrons. The van der Waals surface area contributed by atoms with E-state index in [2.05, 4.69) is 4.98 Å². The Labute approximate surface area is 158 Å². The highest BCUT2D eigenvalue weighted by molar-refractivity contribution is 5.78. The van der Waals surface area contributed by atoms with Crippen LogP contribution < -0.4 is 15.0 Å². The molecule has 1 heterocycles. The van der Waals surface area contributed by atoms with E-state index in [0.717, 1.165) is 0 Å². The quantitative estimate of drug-likeness (QED) is 0.809. The predicted molar refractivity (Wildman–Crippen MR) is 102 cm³/mol. The van der Waals surface area contributed by atoms with Gasteiger partial charge in [-0.2, -0.15) is 5.26 Å². The lowest BCUT2D eigenvalue weighted by Crippen LogP contribution is -2.34. The van der Waals surface area contributed by atoms with E-state index in [1.165, 1.54) is 7.11 Å². The second-order valence-electron chi connectivity index (χ2n) is 5.90. The van der Waals surface area contributed by atoms with E-state index in [0.29, 0.717) is 41.4 Å². The normalized spacial score (nSPS) is 10.2. The first-order valence-electron chi connectivity index (χ1n) is 8.68. The molecule has 2 rings (SSSR count). The zero-order chi connectivity index (χ0) is 20.0. The van der Waals surface area contributed by atoms with Gasteiger partial charge in [-0.25, -0.2) is 0 Å². The maximum atomic E-state index is 12.1. The van der Waals surface area contributed by atoms with Crippen molar-refractivity contribution in [2.75, 3.05) is 26.8 Å². The summed E-state index contributed by atoms with van der Waals surface area (Å²) in [4.78, 5) is 28.4. The Bertz CT molecular complexity index is 924. The summed E-state index contributed by atoms with van der Waals surface area (Å²) in [5, 5.41) is 9.31. The maximum absolute atomic E-state index is 12.1. The van der Waals surface area contributed by atoms with Gasteiger partial charge in [-0.15, -0.1) is 0 Å². The summed E-state index contributed by atoms with van der Waals surface area (Å²) in [6.07, 6.45) is 0. The van der Waals surface area contributed by atoms with Crippen LogP contribution in [0.4, 0.5) is 0 Å². The minimum Gasteiger partial charge on any atom is -0.493 e. The molecule has 1 aromatic heterocycles. The molecule has 0 saturated carbocycles. The van der Waals surface area contributed by atoms with Crippen molar-refractivity contribution < 1.29 is 14.3 Å². The van der Waals surface area contributed by atoms with E-state index >= 15 is 0 Å². The number of pyridine rings is 1. The van der Waals surface area contributed by atoms with Gasteiger partial charge in [0.15, 0.2) is 18.1 Å². The van der Waals surface area contributed by atoms with Crippen molar-refractivity contribution in [3.05, 3.63) is 45.9 Å². The number of H-pyrrole nitrogens is 1. The smallest absolute Gasteiger partial charge is 0.266 e. The average molecular weight is 369 g/mol. The molecule has 0 aliphatic rings. The molecule has 0 spiro atoms. The first kappa shape index (κ1) is 20.0. The molecule has 1 N–H and O–H groups in total. The van der Waals surface area contributed by atoms with Gasteiger partial charge in [0, 0.05) is 24.3 Å². The van der Waals surface area contributed by atoms with Gasteiger partial charge in [-0.1, -0.05) is 6.07 Å². The van der Waals surface area contributed by atoms with Crippen LogP contribution in [0.2, 0.25) is 0 Å². The zero-order valence-electron chi connectivity index (χ0n) is 16.0. The fraction of sp³-hybridized carbons (Fsp3) is 0.350. The van der Waals surface area contributed by atoms with Gasteiger partial charge >= 0.3 is 0 Å². The number of hydrogen-bond donors (Lipinski definition) is 1. The SMILES string of the molecule is CCN(CC)C(=O)COc1ccc(-c2cc(C)[nH]c(=O)c2C#N)cc1OC. The number of aromatic nitrogens is 1. The van der Waals surface area contributed by atoms with E-state index in [-0.39, 0.29) is 18.1 Å². The third-order valence-corrected chi connectivity index (χ3v) is 4.22. The van der Waals surface area contributed by atoms with Crippen LogP contribution in [-0.4, -0.2) is 42.6 Å². The number of benzene rings is 1. The monoisotopic (exact) mass is 369 g/mol. The Kier molecular flexibility index (Phi) is 6.61. The van der Waals surface area contributed by atoms with Crippen LogP contribution in [0, 0.1) is 18.3 Å². The highest BCUT2D eigenvalue weighted by atomic mass is 16.5. The number of aromatic amines is 1. The standard InChI is InChI=1S/C20H23N3O4/c1-5-23(6-2)19(24)12-27-17-8-7-14(10-18(17)26-4)15-9-13(3)22-20(25)16(15)11-21/h7-10H,5-6,12H2,1-4H3,(H,22,25). The third kappa shape index (κ3) is 4.47. The summed E-state index contributed by atoms with van der Waals surface area (Å²) in [7, 11) is 1.49. The number of carbonyl (C=O) groups excluding carboxylic acids is 1. The van der Waals surface area contributed by atoms with Crippen LogP contribution >= 0.6 is 0 Å². The maximum Gasteiger partial charge on any atom is 0.266 e. The molecule has 1 aromatic carbocycles. The molecule has 0 saturated heterocycles. The lowest BCUT2D eigenvalue weighted by atomic mass is 10.0. The summed E-state index contributed by atoms with van der Waals surface area (Å²) in [5.41, 5.74) is 1.42. The first-order chi connectivity index (χ1) is 12.9. The van der Waals surface area contributed by atoms with Crippen molar-refractivity contribution in [3.63, 3.8) is 0 Å². The molecule has 0 fully saturated rings. The minimum absolute atomic E-state index is 0.0352. The number of rotatable bonds is 7. The average Bonchev–Trinajstić information content (AvgIpc) is 2.66. The highest BCUT2D eigenvalue weighted by Gasteiger charge is 2.15. The van der Waals surface area contributed by atoms with E-state index in [1.807, 2.05) is 19.9 Å². The van der Waals surface area contributed by atoms with Gasteiger partial charge in [0.1, 0.15) is 11.6 Å². The number of likely N-dealkylation sites (N-methyl/N-ethyl adjacent to an activating group) is 1. The molecular weight excluding hydrogens is 346 g/mol. The largest absolute Gasteiger partial charge is 0.493 e. The van der Waals surface area contributed by atoms with Crippen molar-refractivity contribution >= 4 is 5.91 Å². The highest BCUT2D eigenvalue weighted by Crippen LogP contribution is 2.33. The molecular formula is C20H23N3O4. The van der Waals surface area contributed by atoms with E-state index in [9.17, 15) is 14.9 Å². The van der Waals surface area contributed by atoms with Crippen LogP contribution in [0.5, 0.6) is 11.5 Å². The van der Waals surface area contributed by atoms with Crippen molar-refractivity contribution in [2.24, 2.45) is 0 Å². The molecule has 0 bridgehead atoms. The predicted octanol–water partition coefficient (Wildman–Crippen LogP) is 2.48. The Morgan fingerprint density at radius 2 is 1.93 bits per heavy atom. The number of methoxy groups -OCH3 is 1. The van der Waals surface area contributed by atoms with Gasteiger partial charge in [-0.05, 0) is 44.5 Å². The van der Waals surface area contributed by atoms with Crippen molar-refractivity contribution in [2.45, 2.75) is 20.8 Å². The van der Waals surface area contributed by atoms with Crippen molar-refractivity contribution in [3.8, 4) is 28.7 Å². The second-order valence-corrected chi connectivity index (χ2v) is 5.90. The molecule has 27 heavy (non-hydrogen) atoms. The van der Waals surface area contributed by atoms with Crippen molar-refractivity contribution in [1.82, 2.24) is 9.88 Å². The van der Waals surface area contributed by atoms with Crippen molar-refractivity contribution in [1.29, 1.82) is 5.26 Å². The Morgan fingerprint density at radius 3 is 2.52 bits per heavy atom. The van der Waals surface area contributed by atoms with Gasteiger partial charge in [0.25, 0.3) is 11.5 Å². The summed E-state index contributed by atoms with van der Waals surface area (Å²) >= 11 is 0. The third-order valence-electron chi connectivity index (χ3n) is 4.22. The number of aryl methyl sites for hydroxylation is 1. The molecule has 0 aliphatic heterocycles. The molecule has 0 atom stereocenters. The van der Waals surface area contributed by atoms with Crippen LogP contribution in [0.15, 0.2) is 29.1 Å². The van der Waals surface area contributed by atoms with Crippen LogP contribution in [0.25, 0.3) is 11.1 Å². The Balaban J connectivity index is 2.34. The van der Waals surface area contributed by atoms with E-state index in [4.69, 9.17) is 9.47 Å². The van der Waals surface area contributed by atoms with E-state index < -0.39 is 5.56 Å². The lowest BCUT2D eigenvalue weighted by Gasteiger charge is -2.19. The number of nitriles is 1. The Hall–Kier alpha value is -3.27. The molecule has 2 aromatic rings. The Morgan fingerprint density at radius 1 is 1.22 bits per heavy atom. The van der Waals surface area contributed by atoms with Crippen LogP contribution in [-0.2, 0) is 4.79 Å². The molecule has 0 unspecified atom stereocenters. The molecule has 0 radical (unpaired) electrons. The second kappa shape index (κ2) is 8.90. The number of carbonyl (C=O) groups is 1. The first-order valence-corrected chi connectivity index (χ1v) is 8.68. The minimum atomic E-state index is -0.434. The fourth-order valence-electron chi connectivity index (χ4n) is 2.79. The lowest BCUT2D eigenvalue weighted by molar-refractivity contribution is -0.132. The van der Waals surface area contributed by atoms with Crippen LogP contribution in [0.3, 0.4) is 0 Å². The number of ether oxygens (including phenoxy) is 2.